The molecule has 0 spiro atoms. The van der Waals surface area contributed by atoms with Crippen LogP contribution in [0.25, 0.3) is 0 Å². The van der Waals surface area contributed by atoms with Gasteiger partial charge in [0.05, 0.1) is 20.8 Å². The molecule has 0 saturated heterocycles. The van der Waals surface area contributed by atoms with Crippen LogP contribution in [-0.4, -0.2) is 35.1 Å². The minimum Gasteiger partial charge on any atom is -0.497 e. The Balaban J connectivity index is 2.10. The van der Waals surface area contributed by atoms with Crippen molar-refractivity contribution in [2.45, 2.75) is 18.7 Å². The van der Waals surface area contributed by atoms with Crippen molar-refractivity contribution in [3.63, 3.8) is 0 Å². The molecule has 0 saturated carbocycles. The molecule has 26 heavy (non-hydrogen) atoms. The predicted octanol–water partition coefficient (Wildman–Crippen LogP) is 2.24. The van der Waals surface area contributed by atoms with Crippen molar-refractivity contribution >= 4 is 21.6 Å². The molecule has 0 aliphatic heterocycles. The highest BCUT2D eigenvalue weighted by Gasteiger charge is 2.21. The van der Waals surface area contributed by atoms with Gasteiger partial charge in [-0.15, -0.1) is 0 Å². The standard InChI is InChI=1S/C18H22N2O5S/c1-12-5-6-14(9-13(12)2)20-18(21)11-19-26(22,23)17-10-15(24-3)7-8-16(17)25-4/h5-10,19H,11H2,1-4H3,(H,20,21). The molecule has 0 radical (unpaired) electrons. The maximum Gasteiger partial charge on any atom is 0.244 e. The lowest BCUT2D eigenvalue weighted by atomic mass is 10.1. The number of nitrogens with one attached hydrogen (secondary N) is 2. The van der Waals surface area contributed by atoms with Crippen LogP contribution in [0.5, 0.6) is 11.5 Å². The van der Waals surface area contributed by atoms with Gasteiger partial charge in [-0.3, -0.25) is 4.79 Å². The van der Waals surface area contributed by atoms with Gasteiger partial charge in [0.15, 0.2) is 0 Å². The van der Waals surface area contributed by atoms with Crippen molar-refractivity contribution in [3.8, 4) is 11.5 Å². The molecule has 0 fully saturated rings. The number of aryl methyl sites for hydroxylation is 2. The number of benzene rings is 2. The van der Waals surface area contributed by atoms with E-state index in [4.69, 9.17) is 9.47 Å². The summed E-state index contributed by atoms with van der Waals surface area (Å²) in [6.07, 6.45) is 0. The highest BCUT2D eigenvalue weighted by molar-refractivity contribution is 7.89. The van der Waals surface area contributed by atoms with Crippen LogP contribution in [0.2, 0.25) is 0 Å². The number of ether oxygens (including phenoxy) is 2. The summed E-state index contributed by atoms with van der Waals surface area (Å²) in [6, 6.07) is 9.89. The number of rotatable bonds is 7. The summed E-state index contributed by atoms with van der Waals surface area (Å²) in [6.45, 7) is 3.50. The SMILES string of the molecule is COc1ccc(OC)c(S(=O)(=O)NCC(=O)Nc2ccc(C)c(C)c2)c1. The largest absolute Gasteiger partial charge is 0.497 e. The zero-order chi connectivity index (χ0) is 19.3. The molecular formula is C18H22N2O5S. The number of amides is 1. The average molecular weight is 378 g/mol. The lowest BCUT2D eigenvalue weighted by Crippen LogP contribution is -2.33. The van der Waals surface area contributed by atoms with Crippen LogP contribution in [0.1, 0.15) is 11.1 Å². The normalized spacial score (nSPS) is 11.1. The molecule has 2 aromatic rings. The summed E-state index contributed by atoms with van der Waals surface area (Å²) in [4.78, 5) is 12.0. The summed E-state index contributed by atoms with van der Waals surface area (Å²) in [5.74, 6) is 0.0531. The molecule has 0 heterocycles. The molecule has 0 atom stereocenters. The smallest absolute Gasteiger partial charge is 0.244 e. The molecule has 0 bridgehead atoms. The Labute approximate surface area is 153 Å². The first-order valence-electron chi connectivity index (χ1n) is 7.85. The molecule has 2 aromatic carbocycles. The maximum absolute atomic E-state index is 12.5. The Bertz CT molecular complexity index is 910. The van der Waals surface area contributed by atoms with E-state index in [2.05, 4.69) is 10.0 Å². The van der Waals surface area contributed by atoms with Gasteiger partial charge in [-0.1, -0.05) is 6.07 Å². The fourth-order valence-electron chi connectivity index (χ4n) is 2.26. The van der Waals surface area contributed by atoms with Crippen molar-refractivity contribution in [2.24, 2.45) is 0 Å². The third kappa shape index (κ3) is 4.74. The third-order valence-corrected chi connectivity index (χ3v) is 5.30. The summed E-state index contributed by atoms with van der Waals surface area (Å²) in [5, 5.41) is 2.66. The van der Waals surface area contributed by atoms with Gasteiger partial charge in [0.25, 0.3) is 0 Å². The number of methoxy groups -OCH3 is 2. The zero-order valence-corrected chi connectivity index (χ0v) is 15.9. The number of hydrogen-bond acceptors (Lipinski definition) is 5. The maximum atomic E-state index is 12.5. The van der Waals surface area contributed by atoms with E-state index in [0.717, 1.165) is 11.1 Å². The summed E-state index contributed by atoms with van der Waals surface area (Å²) in [7, 11) is -1.15. The van der Waals surface area contributed by atoms with E-state index in [1.807, 2.05) is 26.0 Å². The van der Waals surface area contributed by atoms with Crippen molar-refractivity contribution in [1.29, 1.82) is 0 Å². The molecule has 1 amide bonds. The van der Waals surface area contributed by atoms with Gasteiger partial charge < -0.3 is 14.8 Å². The van der Waals surface area contributed by atoms with Crippen molar-refractivity contribution < 1.29 is 22.7 Å². The quantitative estimate of drug-likeness (QED) is 0.771. The number of carbonyl (C=O) groups excluding carboxylic acids is 1. The molecule has 0 aromatic heterocycles. The van der Waals surface area contributed by atoms with E-state index in [1.54, 1.807) is 12.1 Å². The number of hydrogen-bond donors (Lipinski definition) is 2. The van der Waals surface area contributed by atoms with Gasteiger partial charge in [-0.2, -0.15) is 0 Å². The van der Waals surface area contributed by atoms with Crippen LogP contribution >= 0.6 is 0 Å². The highest BCUT2D eigenvalue weighted by Crippen LogP contribution is 2.27. The Kier molecular flexibility index (Phi) is 6.23. The molecule has 2 N–H and O–H groups in total. The highest BCUT2D eigenvalue weighted by atomic mass is 32.2. The average Bonchev–Trinajstić information content (AvgIpc) is 2.62. The lowest BCUT2D eigenvalue weighted by Gasteiger charge is -2.12. The summed E-state index contributed by atoms with van der Waals surface area (Å²) < 4.78 is 37.4. The lowest BCUT2D eigenvalue weighted by molar-refractivity contribution is -0.115. The first kappa shape index (κ1) is 19.7. The Hall–Kier alpha value is -2.58. The van der Waals surface area contributed by atoms with Crippen LogP contribution in [0.4, 0.5) is 5.69 Å². The second kappa shape index (κ2) is 8.20. The number of sulfonamides is 1. The molecule has 0 aliphatic carbocycles. The van der Waals surface area contributed by atoms with Crippen molar-refractivity contribution in [2.75, 3.05) is 26.1 Å². The second-order valence-electron chi connectivity index (χ2n) is 5.69. The first-order valence-corrected chi connectivity index (χ1v) is 9.34. The van der Waals surface area contributed by atoms with Crippen LogP contribution in [0.15, 0.2) is 41.3 Å². The molecule has 140 valence electrons. The molecule has 0 aliphatic rings. The number of carbonyl (C=O) groups is 1. The van der Waals surface area contributed by atoms with Gasteiger partial charge >= 0.3 is 0 Å². The number of anilines is 1. The van der Waals surface area contributed by atoms with E-state index in [0.29, 0.717) is 11.4 Å². The Morgan fingerprint density at radius 2 is 1.73 bits per heavy atom. The predicted molar refractivity (Wildman–Crippen MR) is 99.3 cm³/mol. The molecule has 0 unspecified atom stereocenters. The molecule has 8 heteroatoms. The van der Waals surface area contributed by atoms with Crippen molar-refractivity contribution in [1.82, 2.24) is 4.72 Å². The van der Waals surface area contributed by atoms with Gasteiger partial charge in [0, 0.05) is 11.8 Å². The van der Waals surface area contributed by atoms with Crippen LogP contribution in [0, 0.1) is 13.8 Å². The van der Waals surface area contributed by atoms with Gasteiger partial charge in [-0.25, -0.2) is 13.1 Å². The van der Waals surface area contributed by atoms with E-state index >= 15 is 0 Å². The van der Waals surface area contributed by atoms with E-state index in [1.165, 1.54) is 26.4 Å². The Morgan fingerprint density at radius 3 is 2.35 bits per heavy atom. The third-order valence-electron chi connectivity index (χ3n) is 3.87. The minimum absolute atomic E-state index is 0.0988. The van der Waals surface area contributed by atoms with Crippen LogP contribution < -0.4 is 19.5 Å². The molecule has 7 nitrogen and oxygen atoms in total. The fourth-order valence-corrected chi connectivity index (χ4v) is 3.42. The monoisotopic (exact) mass is 378 g/mol. The molecular weight excluding hydrogens is 356 g/mol. The van der Waals surface area contributed by atoms with E-state index < -0.39 is 22.5 Å². The fraction of sp³-hybridized carbons (Fsp3) is 0.278. The Morgan fingerprint density at radius 1 is 1.00 bits per heavy atom. The summed E-state index contributed by atoms with van der Waals surface area (Å²) in [5.41, 5.74) is 2.74. The second-order valence-corrected chi connectivity index (χ2v) is 7.42. The van der Waals surface area contributed by atoms with Crippen LogP contribution in [0.3, 0.4) is 0 Å². The van der Waals surface area contributed by atoms with Crippen molar-refractivity contribution in [3.05, 3.63) is 47.5 Å². The zero-order valence-electron chi connectivity index (χ0n) is 15.1. The first-order chi connectivity index (χ1) is 12.3. The van der Waals surface area contributed by atoms with Crippen LogP contribution in [-0.2, 0) is 14.8 Å². The van der Waals surface area contributed by atoms with E-state index in [-0.39, 0.29) is 10.6 Å². The topological polar surface area (TPSA) is 93.7 Å². The molecule has 2 rings (SSSR count). The minimum atomic E-state index is -3.95. The van der Waals surface area contributed by atoms with Gasteiger partial charge in [0.1, 0.15) is 16.4 Å². The van der Waals surface area contributed by atoms with Gasteiger partial charge in [0.2, 0.25) is 15.9 Å². The van der Waals surface area contributed by atoms with E-state index in [9.17, 15) is 13.2 Å². The van der Waals surface area contributed by atoms with Gasteiger partial charge in [-0.05, 0) is 49.2 Å². The summed E-state index contributed by atoms with van der Waals surface area (Å²) >= 11 is 0.